The molecule has 0 bridgehead atoms. The molecule has 18 heavy (non-hydrogen) atoms. The average Bonchev–Trinajstić information content (AvgIpc) is 2.38. The Labute approximate surface area is 104 Å². The first-order valence-electron chi connectivity index (χ1n) is 5.78. The highest BCUT2D eigenvalue weighted by Crippen LogP contribution is 2.28. The van der Waals surface area contributed by atoms with Gasteiger partial charge in [-0.25, -0.2) is 8.78 Å². The molecule has 0 saturated carbocycles. The number of nitriles is 1. The van der Waals surface area contributed by atoms with Gasteiger partial charge in [-0.15, -0.1) is 0 Å². The van der Waals surface area contributed by atoms with E-state index in [0.717, 1.165) is 18.6 Å². The van der Waals surface area contributed by atoms with E-state index in [1.807, 2.05) is 6.92 Å². The molecule has 0 radical (unpaired) electrons. The van der Waals surface area contributed by atoms with Gasteiger partial charge in [-0.3, -0.25) is 0 Å². The molecule has 0 unspecified atom stereocenters. The summed E-state index contributed by atoms with van der Waals surface area (Å²) in [6, 6.07) is 3.64. The second-order valence-corrected chi connectivity index (χ2v) is 4.24. The zero-order valence-corrected chi connectivity index (χ0v) is 9.95. The molecule has 1 aliphatic heterocycles. The minimum atomic E-state index is -0.891. The molecule has 0 aromatic heterocycles. The summed E-state index contributed by atoms with van der Waals surface area (Å²) >= 11 is 0. The van der Waals surface area contributed by atoms with Gasteiger partial charge in [0.15, 0.2) is 6.29 Å². The van der Waals surface area contributed by atoms with E-state index in [2.05, 4.69) is 0 Å². The van der Waals surface area contributed by atoms with Gasteiger partial charge in [0.05, 0.1) is 13.2 Å². The molecule has 96 valence electrons. The predicted molar refractivity (Wildman–Crippen MR) is 59.5 cm³/mol. The summed E-state index contributed by atoms with van der Waals surface area (Å²) in [6.07, 6.45) is 0.174. The van der Waals surface area contributed by atoms with Crippen molar-refractivity contribution in [2.24, 2.45) is 5.92 Å². The fourth-order valence-corrected chi connectivity index (χ4v) is 1.81. The lowest BCUT2D eigenvalue weighted by Crippen LogP contribution is -2.26. The summed E-state index contributed by atoms with van der Waals surface area (Å²) in [5.41, 5.74) is -0.320. The maximum absolute atomic E-state index is 13.4. The van der Waals surface area contributed by atoms with Crippen molar-refractivity contribution in [2.75, 3.05) is 13.2 Å². The Balaban J connectivity index is 2.18. The highest BCUT2D eigenvalue weighted by atomic mass is 19.1. The highest BCUT2D eigenvalue weighted by molar-refractivity contribution is 5.35. The predicted octanol–water partition coefficient (Wildman–Crippen LogP) is 2.91. The molecule has 0 amide bonds. The minimum Gasteiger partial charge on any atom is -0.348 e. The van der Waals surface area contributed by atoms with Gasteiger partial charge in [0.1, 0.15) is 23.3 Å². The van der Waals surface area contributed by atoms with E-state index in [1.54, 1.807) is 0 Å². The number of rotatable bonds is 2. The van der Waals surface area contributed by atoms with Gasteiger partial charge in [0.2, 0.25) is 0 Å². The van der Waals surface area contributed by atoms with E-state index in [4.69, 9.17) is 14.7 Å². The lowest BCUT2D eigenvalue weighted by Gasteiger charge is -2.29. The van der Waals surface area contributed by atoms with Crippen LogP contribution in [-0.4, -0.2) is 13.2 Å². The van der Waals surface area contributed by atoms with Crippen molar-refractivity contribution in [2.45, 2.75) is 19.6 Å². The topological polar surface area (TPSA) is 42.2 Å². The second-order valence-electron chi connectivity index (χ2n) is 4.24. The number of benzene rings is 1. The van der Waals surface area contributed by atoms with Crippen molar-refractivity contribution in [1.82, 2.24) is 0 Å². The van der Waals surface area contributed by atoms with E-state index >= 15 is 0 Å². The van der Waals surface area contributed by atoms with E-state index in [-0.39, 0.29) is 5.56 Å². The standard InChI is InChI=1S/C13H13F2NO2/c1-2-8-6-17-13(18-7-8)9-3-11(14)10(5-16)12(15)4-9/h3-4,8,13H,2,6-7H2,1H3. The largest absolute Gasteiger partial charge is 0.348 e. The molecule has 1 aliphatic rings. The van der Waals surface area contributed by atoms with Gasteiger partial charge in [-0.05, 0) is 18.6 Å². The summed E-state index contributed by atoms with van der Waals surface area (Å²) < 4.78 is 37.7. The maximum atomic E-state index is 13.4. The van der Waals surface area contributed by atoms with Crippen molar-refractivity contribution in [3.8, 4) is 6.07 Å². The lowest BCUT2D eigenvalue weighted by molar-refractivity contribution is -0.205. The van der Waals surface area contributed by atoms with Crippen molar-refractivity contribution in [1.29, 1.82) is 5.26 Å². The van der Waals surface area contributed by atoms with E-state index in [0.29, 0.717) is 19.1 Å². The summed E-state index contributed by atoms with van der Waals surface area (Å²) in [4.78, 5) is 0. The molecule has 1 aromatic rings. The van der Waals surface area contributed by atoms with Crippen LogP contribution in [0, 0.1) is 28.9 Å². The molecule has 1 aromatic carbocycles. The van der Waals surface area contributed by atoms with Gasteiger partial charge in [0.25, 0.3) is 0 Å². The Hall–Kier alpha value is -1.51. The third-order valence-electron chi connectivity index (χ3n) is 2.99. The number of nitrogens with zero attached hydrogens (tertiary/aromatic N) is 1. The number of ether oxygens (including phenoxy) is 2. The van der Waals surface area contributed by atoms with Crippen molar-refractivity contribution >= 4 is 0 Å². The van der Waals surface area contributed by atoms with Crippen LogP contribution in [-0.2, 0) is 9.47 Å². The van der Waals surface area contributed by atoms with Crippen molar-refractivity contribution in [3.05, 3.63) is 34.9 Å². The molecular weight excluding hydrogens is 240 g/mol. The lowest BCUT2D eigenvalue weighted by atomic mass is 10.1. The van der Waals surface area contributed by atoms with Gasteiger partial charge >= 0.3 is 0 Å². The number of halogens is 2. The monoisotopic (exact) mass is 253 g/mol. The first kappa shape index (κ1) is 12.9. The van der Waals surface area contributed by atoms with E-state index in [1.165, 1.54) is 6.07 Å². The maximum Gasteiger partial charge on any atom is 0.184 e. The molecule has 1 saturated heterocycles. The fraction of sp³-hybridized carbons (Fsp3) is 0.462. The molecule has 0 spiro atoms. The zero-order valence-electron chi connectivity index (χ0n) is 9.95. The Morgan fingerprint density at radius 3 is 2.28 bits per heavy atom. The summed E-state index contributed by atoms with van der Waals surface area (Å²) in [5, 5.41) is 8.57. The van der Waals surface area contributed by atoms with Crippen LogP contribution < -0.4 is 0 Å². The van der Waals surface area contributed by atoms with Crippen LogP contribution in [0.4, 0.5) is 8.78 Å². The number of hydrogen-bond donors (Lipinski definition) is 0. The molecule has 2 rings (SSSR count). The molecule has 0 aliphatic carbocycles. The normalized spacial score (nSPS) is 23.7. The van der Waals surface area contributed by atoms with Gasteiger partial charge in [-0.1, -0.05) is 6.92 Å². The average molecular weight is 253 g/mol. The molecular formula is C13H13F2NO2. The molecule has 3 nitrogen and oxygen atoms in total. The van der Waals surface area contributed by atoms with Crippen LogP contribution >= 0.6 is 0 Å². The summed E-state index contributed by atoms with van der Waals surface area (Å²) in [6.45, 7) is 3.04. The Bertz CT molecular complexity index is 453. The first-order valence-corrected chi connectivity index (χ1v) is 5.78. The second kappa shape index (κ2) is 5.42. The smallest absolute Gasteiger partial charge is 0.184 e. The zero-order chi connectivity index (χ0) is 13.1. The third kappa shape index (κ3) is 2.50. The Morgan fingerprint density at radius 2 is 1.83 bits per heavy atom. The van der Waals surface area contributed by atoms with Crippen molar-refractivity contribution in [3.63, 3.8) is 0 Å². The van der Waals surface area contributed by atoms with Gasteiger partial charge in [0, 0.05) is 11.5 Å². The first-order chi connectivity index (χ1) is 8.65. The molecule has 0 atom stereocenters. The minimum absolute atomic E-state index is 0.263. The van der Waals surface area contributed by atoms with Crippen LogP contribution in [0.3, 0.4) is 0 Å². The quantitative estimate of drug-likeness (QED) is 0.813. The van der Waals surface area contributed by atoms with Gasteiger partial charge < -0.3 is 9.47 Å². The van der Waals surface area contributed by atoms with E-state index < -0.39 is 23.5 Å². The van der Waals surface area contributed by atoms with Gasteiger partial charge in [-0.2, -0.15) is 5.26 Å². The highest BCUT2D eigenvalue weighted by Gasteiger charge is 2.24. The van der Waals surface area contributed by atoms with E-state index in [9.17, 15) is 8.78 Å². The molecule has 0 N–H and O–H groups in total. The fourth-order valence-electron chi connectivity index (χ4n) is 1.81. The Morgan fingerprint density at radius 1 is 1.28 bits per heavy atom. The molecule has 1 heterocycles. The summed E-state index contributed by atoms with van der Waals surface area (Å²) in [7, 11) is 0. The third-order valence-corrected chi connectivity index (χ3v) is 2.99. The molecule has 1 fully saturated rings. The molecule has 5 heteroatoms. The van der Waals surface area contributed by atoms with Crippen LogP contribution in [0.15, 0.2) is 12.1 Å². The SMILES string of the molecule is CCC1COC(c2cc(F)c(C#N)c(F)c2)OC1. The van der Waals surface area contributed by atoms with Crippen LogP contribution in [0.1, 0.15) is 30.8 Å². The van der Waals surface area contributed by atoms with Crippen LogP contribution in [0.5, 0.6) is 0 Å². The number of hydrogen-bond acceptors (Lipinski definition) is 3. The van der Waals surface area contributed by atoms with Crippen LogP contribution in [0.25, 0.3) is 0 Å². The van der Waals surface area contributed by atoms with Crippen LogP contribution in [0.2, 0.25) is 0 Å². The van der Waals surface area contributed by atoms with Crippen molar-refractivity contribution < 1.29 is 18.3 Å². The summed E-state index contributed by atoms with van der Waals surface area (Å²) in [5.74, 6) is -1.47. The Kier molecular flexibility index (Phi) is 3.90.